The number of carbonyl (C=O) groups excluding carboxylic acids is 1. The van der Waals surface area contributed by atoms with Crippen molar-refractivity contribution in [3.63, 3.8) is 0 Å². The van der Waals surface area contributed by atoms with Crippen LogP contribution in [-0.4, -0.2) is 33.9 Å². The predicted octanol–water partition coefficient (Wildman–Crippen LogP) is 4.13. The first-order valence-electron chi connectivity index (χ1n) is 9.02. The van der Waals surface area contributed by atoms with Gasteiger partial charge in [0.25, 0.3) is 0 Å². The van der Waals surface area contributed by atoms with E-state index in [1.807, 2.05) is 0 Å². The highest BCUT2D eigenvalue weighted by Gasteiger charge is 2.22. The molecule has 0 bridgehead atoms. The first kappa shape index (κ1) is 20.9. The third-order valence-electron chi connectivity index (χ3n) is 4.50. The second-order valence-corrected chi connectivity index (χ2v) is 7.85. The SMILES string of the molecule is C=CC(=O)NCCNc1ncnc2c(F)c(-c3ccc(F)c4sc(N)nc34)c(Cl)cc12. The highest BCUT2D eigenvalue weighted by molar-refractivity contribution is 7.22. The molecule has 0 spiro atoms. The summed E-state index contributed by atoms with van der Waals surface area (Å²) in [5.41, 5.74) is 6.36. The molecule has 0 saturated carbocycles. The molecular weight excluding hydrogens is 446 g/mol. The number of hydrogen-bond acceptors (Lipinski definition) is 7. The number of rotatable bonds is 6. The maximum absolute atomic E-state index is 15.6. The summed E-state index contributed by atoms with van der Waals surface area (Å²) in [4.78, 5) is 23.6. The molecule has 0 aliphatic rings. The van der Waals surface area contributed by atoms with Crippen LogP contribution in [0.25, 0.3) is 32.2 Å². The van der Waals surface area contributed by atoms with Crippen molar-refractivity contribution in [3.05, 3.63) is 53.8 Å². The monoisotopic (exact) mass is 460 g/mol. The number of nitrogens with two attached hydrogens (primary N) is 1. The summed E-state index contributed by atoms with van der Waals surface area (Å²) in [6, 6.07) is 4.17. The van der Waals surface area contributed by atoms with Crippen molar-refractivity contribution >= 4 is 60.9 Å². The van der Waals surface area contributed by atoms with Gasteiger partial charge in [0.05, 0.1) is 15.2 Å². The molecule has 0 radical (unpaired) electrons. The average molecular weight is 461 g/mol. The second-order valence-electron chi connectivity index (χ2n) is 6.41. The zero-order valence-electron chi connectivity index (χ0n) is 15.9. The zero-order valence-corrected chi connectivity index (χ0v) is 17.4. The van der Waals surface area contributed by atoms with Crippen molar-refractivity contribution in [1.82, 2.24) is 20.3 Å². The number of anilines is 2. The number of fused-ring (bicyclic) bond motifs is 2. The molecule has 2 aromatic carbocycles. The van der Waals surface area contributed by atoms with Crippen LogP contribution in [-0.2, 0) is 4.79 Å². The van der Waals surface area contributed by atoms with E-state index in [2.05, 4.69) is 32.2 Å². The summed E-state index contributed by atoms with van der Waals surface area (Å²) in [6.45, 7) is 4.02. The number of hydrogen-bond donors (Lipinski definition) is 3. The Morgan fingerprint density at radius 3 is 2.84 bits per heavy atom. The number of nitrogens with one attached hydrogen (secondary N) is 2. The van der Waals surface area contributed by atoms with Crippen LogP contribution in [0.3, 0.4) is 0 Å². The maximum Gasteiger partial charge on any atom is 0.243 e. The van der Waals surface area contributed by atoms with Crippen molar-refractivity contribution < 1.29 is 13.6 Å². The Kier molecular flexibility index (Phi) is 5.66. The first-order chi connectivity index (χ1) is 14.9. The predicted molar refractivity (Wildman–Crippen MR) is 119 cm³/mol. The maximum atomic E-state index is 15.6. The van der Waals surface area contributed by atoms with Crippen LogP contribution in [0, 0.1) is 11.6 Å². The molecule has 0 aliphatic heterocycles. The van der Waals surface area contributed by atoms with Crippen molar-refractivity contribution in [2.24, 2.45) is 0 Å². The molecule has 4 N–H and O–H groups in total. The minimum Gasteiger partial charge on any atom is -0.375 e. The molecule has 0 saturated heterocycles. The number of aromatic nitrogens is 3. The van der Waals surface area contributed by atoms with E-state index < -0.39 is 11.6 Å². The van der Waals surface area contributed by atoms with Crippen LogP contribution in [0.15, 0.2) is 37.2 Å². The molecule has 7 nitrogen and oxygen atoms in total. The van der Waals surface area contributed by atoms with Crippen LogP contribution in [0.4, 0.5) is 19.7 Å². The smallest absolute Gasteiger partial charge is 0.243 e. The van der Waals surface area contributed by atoms with Gasteiger partial charge < -0.3 is 16.4 Å². The van der Waals surface area contributed by atoms with Crippen molar-refractivity contribution in [2.45, 2.75) is 0 Å². The fourth-order valence-corrected chi connectivity index (χ4v) is 4.21. The van der Waals surface area contributed by atoms with E-state index in [-0.39, 0.29) is 37.4 Å². The minimum absolute atomic E-state index is 0.0349. The van der Waals surface area contributed by atoms with Gasteiger partial charge in [0, 0.05) is 29.6 Å². The van der Waals surface area contributed by atoms with Gasteiger partial charge >= 0.3 is 0 Å². The number of thiazole rings is 1. The molecule has 4 aromatic rings. The topological polar surface area (TPSA) is 106 Å². The molecule has 31 heavy (non-hydrogen) atoms. The molecule has 0 unspecified atom stereocenters. The third kappa shape index (κ3) is 3.87. The number of nitrogen functional groups attached to an aromatic ring is 1. The van der Waals surface area contributed by atoms with Crippen LogP contribution < -0.4 is 16.4 Å². The molecule has 0 atom stereocenters. The van der Waals surface area contributed by atoms with E-state index in [9.17, 15) is 9.18 Å². The lowest BCUT2D eigenvalue weighted by Crippen LogP contribution is -2.27. The molecular formula is C20H15ClF2N6OS. The fraction of sp³-hybridized carbons (Fsp3) is 0.100. The number of benzene rings is 2. The van der Waals surface area contributed by atoms with Gasteiger partial charge in [-0.3, -0.25) is 4.79 Å². The summed E-state index contributed by atoms with van der Waals surface area (Å²) in [7, 11) is 0. The van der Waals surface area contributed by atoms with Gasteiger partial charge in [-0.15, -0.1) is 0 Å². The molecule has 1 amide bonds. The number of halogens is 3. The highest BCUT2D eigenvalue weighted by atomic mass is 35.5. The second kappa shape index (κ2) is 8.40. The molecule has 2 aromatic heterocycles. The lowest BCUT2D eigenvalue weighted by molar-refractivity contribution is -0.116. The Labute approximate surface area is 184 Å². The number of nitrogens with zero attached hydrogens (tertiary/aromatic N) is 3. The van der Waals surface area contributed by atoms with Crippen LogP contribution >= 0.6 is 22.9 Å². The molecule has 158 valence electrons. The lowest BCUT2D eigenvalue weighted by Gasteiger charge is -2.13. The molecule has 0 fully saturated rings. The third-order valence-corrected chi connectivity index (χ3v) is 5.70. The van der Waals surface area contributed by atoms with E-state index in [1.165, 1.54) is 30.6 Å². The van der Waals surface area contributed by atoms with Crippen molar-refractivity contribution in [1.29, 1.82) is 0 Å². The van der Waals surface area contributed by atoms with Gasteiger partial charge in [-0.05, 0) is 24.3 Å². The summed E-state index contributed by atoms with van der Waals surface area (Å²) < 4.78 is 29.9. The highest BCUT2D eigenvalue weighted by Crippen LogP contribution is 2.41. The fourth-order valence-electron chi connectivity index (χ4n) is 3.15. The Bertz CT molecular complexity index is 1340. The Balaban J connectivity index is 1.77. The summed E-state index contributed by atoms with van der Waals surface area (Å²) in [5, 5.41) is 6.25. The normalized spacial score (nSPS) is 11.1. The molecule has 4 rings (SSSR count). The summed E-state index contributed by atoms with van der Waals surface area (Å²) >= 11 is 7.42. The van der Waals surface area contributed by atoms with Gasteiger partial charge in [0.15, 0.2) is 10.9 Å². The van der Waals surface area contributed by atoms with E-state index >= 15 is 4.39 Å². The van der Waals surface area contributed by atoms with Gasteiger partial charge in [-0.1, -0.05) is 29.5 Å². The Morgan fingerprint density at radius 1 is 1.26 bits per heavy atom. The lowest BCUT2D eigenvalue weighted by atomic mass is 10.0. The van der Waals surface area contributed by atoms with Gasteiger partial charge in [0.2, 0.25) is 5.91 Å². The largest absolute Gasteiger partial charge is 0.375 e. The van der Waals surface area contributed by atoms with Crippen LogP contribution in [0.1, 0.15) is 0 Å². The van der Waals surface area contributed by atoms with Crippen LogP contribution in [0.2, 0.25) is 5.02 Å². The standard InChI is InChI=1S/C20H15ClF2N6OS/c1-2-13(30)25-5-6-26-19-10-7-11(21)14(15(23)16(10)27-8-28-19)9-3-4-12(22)18-17(9)29-20(24)31-18/h2-4,7-8H,1,5-6H2,(H2,24,29)(H,25,30)(H,26,27,28). The summed E-state index contributed by atoms with van der Waals surface area (Å²) in [6.07, 6.45) is 2.38. The van der Waals surface area contributed by atoms with Gasteiger partial charge in [-0.25, -0.2) is 23.7 Å². The number of amides is 1. The zero-order chi connectivity index (χ0) is 22.1. The molecule has 11 heteroatoms. The van der Waals surface area contributed by atoms with Crippen molar-refractivity contribution in [3.8, 4) is 11.1 Å². The van der Waals surface area contributed by atoms with E-state index in [1.54, 1.807) is 0 Å². The molecule has 2 heterocycles. The first-order valence-corrected chi connectivity index (χ1v) is 10.2. The summed E-state index contributed by atoms with van der Waals surface area (Å²) in [5.74, 6) is -1.14. The van der Waals surface area contributed by atoms with Crippen molar-refractivity contribution in [2.75, 3.05) is 24.1 Å². The molecule has 0 aliphatic carbocycles. The quantitative estimate of drug-likeness (QED) is 0.295. The van der Waals surface area contributed by atoms with E-state index in [0.29, 0.717) is 29.9 Å². The van der Waals surface area contributed by atoms with E-state index in [4.69, 9.17) is 17.3 Å². The minimum atomic E-state index is -0.688. The van der Waals surface area contributed by atoms with Gasteiger partial charge in [0.1, 0.15) is 23.5 Å². The van der Waals surface area contributed by atoms with Crippen LogP contribution in [0.5, 0.6) is 0 Å². The number of carbonyl (C=O) groups is 1. The Morgan fingerprint density at radius 2 is 2.06 bits per heavy atom. The van der Waals surface area contributed by atoms with Gasteiger partial charge in [-0.2, -0.15) is 0 Å². The average Bonchev–Trinajstić information content (AvgIpc) is 3.15. The van der Waals surface area contributed by atoms with E-state index in [0.717, 1.165) is 11.3 Å². The Hall–Kier alpha value is -3.37.